The normalized spacial score (nSPS) is 13.6. The topological polar surface area (TPSA) is 13.1 Å². The Hall–Kier alpha value is -6.18. The SMILES string of the molecule is c1ccc(-c2ccc3c(c2)C2(c4ccccc4-c4ccccc42)c2c-3c(-c3ccc4c(c3)oc3ccccc34)cc3ccccc23)cc1. The first-order valence-corrected chi connectivity index (χ1v) is 16.7. The van der Waals surface area contributed by atoms with Gasteiger partial charge in [0.05, 0.1) is 5.41 Å². The highest BCUT2D eigenvalue weighted by Crippen LogP contribution is 2.65. The molecule has 11 rings (SSSR count). The molecule has 0 atom stereocenters. The van der Waals surface area contributed by atoms with Crippen LogP contribution < -0.4 is 0 Å². The van der Waals surface area contributed by atoms with Crippen molar-refractivity contribution in [1.82, 2.24) is 0 Å². The Morgan fingerprint density at radius 1 is 0.354 bits per heavy atom. The van der Waals surface area contributed by atoms with E-state index in [9.17, 15) is 0 Å². The highest BCUT2D eigenvalue weighted by atomic mass is 16.3. The fourth-order valence-corrected chi connectivity index (χ4v) is 8.95. The molecule has 0 radical (unpaired) electrons. The first-order chi connectivity index (χ1) is 23.8. The average molecular weight is 609 g/mol. The zero-order valence-corrected chi connectivity index (χ0v) is 26.1. The van der Waals surface area contributed by atoms with Gasteiger partial charge in [0.15, 0.2) is 0 Å². The van der Waals surface area contributed by atoms with Gasteiger partial charge in [-0.15, -0.1) is 0 Å². The molecule has 0 aliphatic heterocycles. The maximum absolute atomic E-state index is 6.44. The van der Waals surface area contributed by atoms with Crippen LogP contribution in [0.5, 0.6) is 0 Å². The van der Waals surface area contributed by atoms with Crippen LogP contribution in [-0.4, -0.2) is 0 Å². The Morgan fingerprint density at radius 3 is 1.81 bits per heavy atom. The Morgan fingerprint density at radius 2 is 1.00 bits per heavy atom. The molecular formula is C47H28O. The monoisotopic (exact) mass is 608 g/mol. The first kappa shape index (κ1) is 25.9. The minimum Gasteiger partial charge on any atom is -0.456 e. The van der Waals surface area contributed by atoms with E-state index in [0.29, 0.717) is 0 Å². The minimum atomic E-state index is -0.471. The Kier molecular flexibility index (Phi) is 5.10. The summed E-state index contributed by atoms with van der Waals surface area (Å²) in [5.41, 5.74) is 16.9. The summed E-state index contributed by atoms with van der Waals surface area (Å²) in [4.78, 5) is 0. The number of hydrogen-bond acceptors (Lipinski definition) is 1. The van der Waals surface area contributed by atoms with E-state index < -0.39 is 5.41 Å². The van der Waals surface area contributed by atoms with Crippen LogP contribution in [0.2, 0.25) is 0 Å². The van der Waals surface area contributed by atoms with Crippen molar-refractivity contribution in [3.05, 3.63) is 192 Å². The second kappa shape index (κ2) is 9.44. The molecular weight excluding hydrogens is 581 g/mol. The van der Waals surface area contributed by atoms with Crippen LogP contribution in [0.4, 0.5) is 0 Å². The van der Waals surface area contributed by atoms with Crippen molar-refractivity contribution in [2.45, 2.75) is 5.41 Å². The molecule has 1 nitrogen and oxygen atoms in total. The summed E-state index contributed by atoms with van der Waals surface area (Å²) in [5, 5.41) is 4.84. The number of para-hydroxylation sites is 1. The summed E-state index contributed by atoms with van der Waals surface area (Å²) in [6.45, 7) is 0. The zero-order chi connectivity index (χ0) is 31.4. The van der Waals surface area contributed by atoms with Crippen LogP contribution in [-0.2, 0) is 5.41 Å². The van der Waals surface area contributed by atoms with Gasteiger partial charge in [0, 0.05) is 10.8 Å². The van der Waals surface area contributed by atoms with Gasteiger partial charge in [-0.25, -0.2) is 0 Å². The average Bonchev–Trinajstić information content (AvgIpc) is 3.78. The molecule has 2 aliphatic carbocycles. The van der Waals surface area contributed by atoms with E-state index in [2.05, 4.69) is 164 Å². The maximum Gasteiger partial charge on any atom is 0.136 e. The second-order valence-corrected chi connectivity index (χ2v) is 13.2. The number of hydrogen-bond donors (Lipinski definition) is 0. The largest absolute Gasteiger partial charge is 0.456 e. The lowest BCUT2D eigenvalue weighted by Crippen LogP contribution is -2.26. The molecule has 2 aliphatic rings. The maximum atomic E-state index is 6.44. The van der Waals surface area contributed by atoms with Crippen LogP contribution in [0.3, 0.4) is 0 Å². The molecule has 0 saturated carbocycles. The third-order valence-corrected chi connectivity index (χ3v) is 10.9. The van der Waals surface area contributed by atoms with Gasteiger partial charge in [0.25, 0.3) is 0 Å². The van der Waals surface area contributed by atoms with Crippen LogP contribution >= 0.6 is 0 Å². The molecule has 0 unspecified atom stereocenters. The van der Waals surface area contributed by atoms with Crippen LogP contribution in [0.15, 0.2) is 174 Å². The molecule has 8 aromatic carbocycles. The van der Waals surface area contributed by atoms with Crippen molar-refractivity contribution >= 4 is 32.7 Å². The standard InChI is InChI=1S/C47H28O/c1-2-12-29(13-3-1)30-22-25-38-42(27-30)47(40-19-9-6-16-34(40)35-17-7-10-20-41(35)47)46-33-15-5-4-14-31(33)26-39(45(38)46)32-23-24-37-36-18-8-11-21-43(36)48-44(37)28-32/h1-28H. The quantitative estimate of drug-likeness (QED) is 0.190. The van der Waals surface area contributed by atoms with Gasteiger partial charge in [0.2, 0.25) is 0 Å². The summed E-state index contributed by atoms with van der Waals surface area (Å²) in [6.07, 6.45) is 0. The van der Waals surface area contributed by atoms with Gasteiger partial charge < -0.3 is 4.42 Å². The zero-order valence-electron chi connectivity index (χ0n) is 26.1. The highest BCUT2D eigenvalue weighted by Gasteiger charge is 2.53. The number of rotatable bonds is 2. The van der Waals surface area contributed by atoms with E-state index in [-0.39, 0.29) is 0 Å². The summed E-state index contributed by atoms with van der Waals surface area (Å²) in [5.74, 6) is 0. The summed E-state index contributed by atoms with van der Waals surface area (Å²) in [6, 6.07) is 62.6. The second-order valence-electron chi connectivity index (χ2n) is 13.2. The van der Waals surface area contributed by atoms with Gasteiger partial charge in [-0.1, -0.05) is 140 Å². The van der Waals surface area contributed by atoms with Crippen molar-refractivity contribution in [3.63, 3.8) is 0 Å². The third kappa shape index (κ3) is 3.25. The number of furan rings is 1. The smallest absolute Gasteiger partial charge is 0.136 e. The van der Waals surface area contributed by atoms with Gasteiger partial charge in [0.1, 0.15) is 11.2 Å². The first-order valence-electron chi connectivity index (χ1n) is 16.7. The molecule has 222 valence electrons. The summed E-state index contributed by atoms with van der Waals surface area (Å²) >= 11 is 0. The fourth-order valence-electron chi connectivity index (χ4n) is 8.95. The highest BCUT2D eigenvalue weighted by molar-refractivity contribution is 6.11. The molecule has 0 fully saturated rings. The molecule has 0 saturated heterocycles. The molecule has 0 amide bonds. The van der Waals surface area contributed by atoms with Gasteiger partial charge >= 0.3 is 0 Å². The van der Waals surface area contributed by atoms with E-state index in [1.165, 1.54) is 77.5 Å². The molecule has 1 spiro atoms. The summed E-state index contributed by atoms with van der Waals surface area (Å²) < 4.78 is 6.44. The summed E-state index contributed by atoms with van der Waals surface area (Å²) in [7, 11) is 0. The lowest BCUT2D eigenvalue weighted by Gasteiger charge is -2.32. The van der Waals surface area contributed by atoms with Crippen LogP contribution in [0, 0.1) is 0 Å². The molecule has 1 aromatic heterocycles. The van der Waals surface area contributed by atoms with Gasteiger partial charge in [-0.2, -0.15) is 0 Å². The molecule has 9 aromatic rings. The van der Waals surface area contributed by atoms with E-state index >= 15 is 0 Å². The minimum absolute atomic E-state index is 0.471. The predicted molar refractivity (Wildman–Crippen MR) is 198 cm³/mol. The number of benzene rings is 8. The fraction of sp³-hybridized carbons (Fsp3) is 0.0213. The van der Waals surface area contributed by atoms with E-state index in [0.717, 1.165) is 21.9 Å². The Bertz CT molecular complexity index is 2740. The lowest BCUT2D eigenvalue weighted by molar-refractivity contribution is 0.669. The van der Waals surface area contributed by atoms with Crippen molar-refractivity contribution in [2.75, 3.05) is 0 Å². The lowest BCUT2D eigenvalue weighted by atomic mass is 9.69. The Labute approximate surface area is 278 Å². The van der Waals surface area contributed by atoms with Crippen molar-refractivity contribution in [1.29, 1.82) is 0 Å². The van der Waals surface area contributed by atoms with E-state index in [1.807, 2.05) is 6.07 Å². The van der Waals surface area contributed by atoms with Crippen molar-refractivity contribution in [3.8, 4) is 44.5 Å². The van der Waals surface area contributed by atoms with Gasteiger partial charge in [-0.05, 0) is 108 Å². The molecule has 0 N–H and O–H groups in total. The third-order valence-electron chi connectivity index (χ3n) is 10.9. The molecule has 1 heterocycles. The van der Waals surface area contributed by atoms with Crippen LogP contribution in [0.25, 0.3) is 77.2 Å². The number of fused-ring (bicyclic) bond motifs is 15. The predicted octanol–water partition coefficient (Wildman–Crippen LogP) is 12.4. The molecule has 48 heavy (non-hydrogen) atoms. The van der Waals surface area contributed by atoms with E-state index in [1.54, 1.807) is 0 Å². The Balaban J connectivity index is 1.31. The molecule has 1 heteroatoms. The van der Waals surface area contributed by atoms with Gasteiger partial charge in [-0.3, -0.25) is 0 Å². The van der Waals surface area contributed by atoms with E-state index in [4.69, 9.17) is 4.42 Å². The molecule has 0 bridgehead atoms. The van der Waals surface area contributed by atoms with Crippen molar-refractivity contribution < 1.29 is 4.42 Å². The van der Waals surface area contributed by atoms with Crippen molar-refractivity contribution in [2.24, 2.45) is 0 Å². The van der Waals surface area contributed by atoms with Crippen LogP contribution in [0.1, 0.15) is 22.3 Å².